The smallest absolute Gasteiger partial charge is 0.342 e. The summed E-state index contributed by atoms with van der Waals surface area (Å²) in [5.74, 6) is 3.56. The Morgan fingerprint density at radius 2 is 2.08 bits per heavy atom. The van der Waals surface area contributed by atoms with E-state index in [1.165, 1.54) is 6.20 Å². The van der Waals surface area contributed by atoms with Gasteiger partial charge in [0.1, 0.15) is 12.7 Å². The average molecular weight is 383 g/mol. The van der Waals surface area contributed by atoms with E-state index in [9.17, 15) is 15.2 Å². The zero-order valence-electron chi connectivity index (χ0n) is 14.3. The van der Waals surface area contributed by atoms with E-state index in [2.05, 4.69) is 9.97 Å². The van der Waals surface area contributed by atoms with Crippen LogP contribution in [0.1, 0.15) is 23.5 Å². The molecule has 0 atom stereocenters. The van der Waals surface area contributed by atoms with Gasteiger partial charge in [-0.3, -0.25) is 4.98 Å². The van der Waals surface area contributed by atoms with Crippen LogP contribution in [0.5, 0.6) is 0 Å². The van der Waals surface area contributed by atoms with Crippen LogP contribution in [0.25, 0.3) is 0 Å². The molecule has 2 heterocycles. The van der Waals surface area contributed by atoms with Gasteiger partial charge in [-0.05, 0) is 41.4 Å². The number of hydrogen-bond donors (Lipinski definition) is 1. The van der Waals surface area contributed by atoms with Gasteiger partial charge in [-0.1, -0.05) is 0 Å². The lowest BCUT2D eigenvalue weighted by atomic mass is 10.2. The van der Waals surface area contributed by atoms with Crippen molar-refractivity contribution in [3.8, 4) is 0 Å². The fourth-order valence-corrected chi connectivity index (χ4v) is 4.40. The number of aliphatic hydroxyl groups is 1. The van der Waals surface area contributed by atoms with E-state index >= 15 is 0 Å². The van der Waals surface area contributed by atoms with Gasteiger partial charge in [0.15, 0.2) is 5.82 Å². The molecular weight excluding hydrogens is 360 g/mol. The second-order valence-electron chi connectivity index (χ2n) is 5.43. The maximum atomic E-state index is 10.9. The zero-order chi connectivity index (χ0) is 18.2. The Kier molecular flexibility index (Phi) is 7.73. The summed E-state index contributed by atoms with van der Waals surface area (Å²) in [5, 5.41) is 20.2. The Hall–Kier alpha value is -1.58. The summed E-state index contributed by atoms with van der Waals surface area (Å²) >= 11 is 3.56. The highest BCUT2D eigenvalue weighted by molar-refractivity contribution is 8.00. The van der Waals surface area contributed by atoms with Crippen molar-refractivity contribution in [2.24, 2.45) is 0 Å². The monoisotopic (exact) mass is 382 g/mol. The predicted octanol–water partition coefficient (Wildman–Crippen LogP) is 3.21. The van der Waals surface area contributed by atoms with Crippen molar-refractivity contribution in [1.82, 2.24) is 14.5 Å². The molecular formula is C16H22N4O3S2. The number of nitro groups is 1. The first-order valence-electron chi connectivity index (χ1n) is 7.97. The number of nitrogens with zero attached hydrogens (tertiary/aromatic N) is 4. The second-order valence-corrected chi connectivity index (χ2v) is 7.79. The number of hydrogen-bond acceptors (Lipinski definition) is 7. The Balaban J connectivity index is 1.68. The normalized spacial score (nSPS) is 11.0. The first kappa shape index (κ1) is 19.7. The molecule has 2 aromatic rings. The van der Waals surface area contributed by atoms with E-state index in [0.29, 0.717) is 12.4 Å². The largest absolute Gasteiger partial charge is 0.390 e. The van der Waals surface area contributed by atoms with E-state index in [1.807, 2.05) is 13.0 Å². The van der Waals surface area contributed by atoms with Gasteiger partial charge in [0.2, 0.25) is 0 Å². The van der Waals surface area contributed by atoms with E-state index in [-0.39, 0.29) is 17.3 Å². The molecule has 0 bridgehead atoms. The Morgan fingerprint density at radius 3 is 2.80 bits per heavy atom. The van der Waals surface area contributed by atoms with Crippen molar-refractivity contribution in [3.05, 3.63) is 45.7 Å². The fourth-order valence-electron chi connectivity index (χ4n) is 2.35. The molecule has 0 unspecified atom stereocenters. The molecule has 0 aliphatic rings. The highest BCUT2D eigenvalue weighted by Crippen LogP contribution is 2.25. The van der Waals surface area contributed by atoms with Gasteiger partial charge in [0.25, 0.3) is 0 Å². The van der Waals surface area contributed by atoms with Gasteiger partial charge < -0.3 is 15.2 Å². The molecule has 0 aliphatic carbocycles. The van der Waals surface area contributed by atoms with Crippen molar-refractivity contribution in [1.29, 1.82) is 0 Å². The molecule has 0 amide bonds. The van der Waals surface area contributed by atoms with Crippen LogP contribution in [-0.2, 0) is 13.2 Å². The molecule has 0 radical (unpaired) electrons. The highest BCUT2D eigenvalue weighted by Gasteiger charge is 2.16. The molecule has 9 heteroatoms. The summed E-state index contributed by atoms with van der Waals surface area (Å²) in [7, 11) is 0. The van der Waals surface area contributed by atoms with Gasteiger partial charge in [-0.15, -0.1) is 11.8 Å². The number of pyridine rings is 1. The van der Waals surface area contributed by atoms with E-state index in [4.69, 9.17) is 0 Å². The van der Waals surface area contributed by atoms with Crippen LogP contribution in [0, 0.1) is 24.0 Å². The zero-order valence-corrected chi connectivity index (χ0v) is 16.0. The predicted molar refractivity (Wildman–Crippen MR) is 101 cm³/mol. The molecule has 2 aromatic heterocycles. The van der Waals surface area contributed by atoms with Crippen LogP contribution in [0.3, 0.4) is 0 Å². The quantitative estimate of drug-likeness (QED) is 0.292. The van der Waals surface area contributed by atoms with Crippen molar-refractivity contribution in [2.75, 3.05) is 17.3 Å². The topological polar surface area (TPSA) is 94.1 Å². The third kappa shape index (κ3) is 5.45. The lowest BCUT2D eigenvalue weighted by Crippen LogP contribution is -2.07. The first-order valence-corrected chi connectivity index (χ1v) is 10.1. The minimum Gasteiger partial charge on any atom is -0.390 e. The Morgan fingerprint density at radius 1 is 1.28 bits per heavy atom. The number of imidazole rings is 1. The lowest BCUT2D eigenvalue weighted by molar-refractivity contribution is -0.392. The maximum Gasteiger partial charge on any atom is 0.342 e. The van der Waals surface area contributed by atoms with Gasteiger partial charge in [0, 0.05) is 23.8 Å². The molecule has 0 aromatic carbocycles. The van der Waals surface area contributed by atoms with Crippen LogP contribution in [0.2, 0.25) is 0 Å². The van der Waals surface area contributed by atoms with Crippen LogP contribution >= 0.6 is 23.5 Å². The molecule has 25 heavy (non-hydrogen) atoms. The number of aryl methyl sites for hydroxylation is 1. The minimum absolute atomic E-state index is 0.0319. The number of aliphatic hydroxyl groups excluding tert-OH is 1. The summed E-state index contributed by atoms with van der Waals surface area (Å²) in [5.41, 5.74) is 1.78. The highest BCUT2D eigenvalue weighted by atomic mass is 32.2. The summed E-state index contributed by atoms with van der Waals surface area (Å²) in [6.45, 7) is 4.33. The van der Waals surface area contributed by atoms with E-state index in [0.717, 1.165) is 39.8 Å². The van der Waals surface area contributed by atoms with E-state index < -0.39 is 0 Å². The summed E-state index contributed by atoms with van der Waals surface area (Å²) < 4.78 is 1.65. The van der Waals surface area contributed by atoms with Gasteiger partial charge in [-0.2, -0.15) is 11.8 Å². The summed E-state index contributed by atoms with van der Waals surface area (Å²) in [6, 6.07) is 1.98. The molecule has 0 aliphatic heterocycles. The van der Waals surface area contributed by atoms with Crippen molar-refractivity contribution in [3.63, 3.8) is 0 Å². The van der Waals surface area contributed by atoms with Crippen LogP contribution in [-0.4, -0.2) is 41.8 Å². The maximum absolute atomic E-state index is 10.9. The SMILES string of the molecule is Cc1c(SCCCSCCn2c([N+](=O)[O-])cnc2C)ccnc1CO. The van der Waals surface area contributed by atoms with Crippen LogP contribution in [0.4, 0.5) is 5.82 Å². The lowest BCUT2D eigenvalue weighted by Gasteiger charge is -2.08. The van der Waals surface area contributed by atoms with E-state index in [1.54, 1.807) is 41.2 Å². The number of aromatic nitrogens is 3. The molecule has 0 saturated carbocycles. The number of rotatable bonds is 10. The van der Waals surface area contributed by atoms with Crippen LogP contribution in [0.15, 0.2) is 23.4 Å². The van der Waals surface area contributed by atoms with Gasteiger partial charge in [-0.25, -0.2) is 9.55 Å². The van der Waals surface area contributed by atoms with Crippen LogP contribution < -0.4 is 0 Å². The van der Waals surface area contributed by atoms with Gasteiger partial charge >= 0.3 is 5.82 Å². The minimum atomic E-state index is -0.390. The third-order valence-electron chi connectivity index (χ3n) is 3.78. The molecule has 0 spiro atoms. The fraction of sp³-hybridized carbons (Fsp3) is 0.500. The van der Waals surface area contributed by atoms with Crippen molar-refractivity contribution >= 4 is 29.3 Å². The Labute approximate surface area is 155 Å². The molecule has 0 fully saturated rings. The van der Waals surface area contributed by atoms with Crippen molar-refractivity contribution < 1.29 is 10.0 Å². The summed E-state index contributed by atoms with van der Waals surface area (Å²) in [4.78, 5) is 19.9. The molecule has 7 nitrogen and oxygen atoms in total. The second kappa shape index (κ2) is 9.79. The molecule has 2 rings (SSSR count). The first-order chi connectivity index (χ1) is 12.0. The standard InChI is InChI=1S/C16H22N4O3S2/c1-12-14(11-21)17-5-4-15(12)25-8-3-7-24-9-6-19-13(2)18-10-16(19)20(22)23/h4-5,10,21H,3,6-9,11H2,1-2H3. The third-order valence-corrected chi connectivity index (χ3v) is 6.07. The average Bonchev–Trinajstić information content (AvgIpc) is 2.96. The number of thioether (sulfide) groups is 2. The van der Waals surface area contributed by atoms with Crippen molar-refractivity contribution in [2.45, 2.75) is 38.3 Å². The molecule has 136 valence electrons. The molecule has 0 saturated heterocycles. The van der Waals surface area contributed by atoms with Gasteiger partial charge in [0.05, 0.1) is 12.3 Å². The summed E-state index contributed by atoms with van der Waals surface area (Å²) in [6.07, 6.45) is 4.10. The Bertz CT molecular complexity index is 721. The molecule has 1 N–H and O–H groups in total.